The van der Waals surface area contributed by atoms with Gasteiger partial charge in [0.05, 0.1) is 0 Å². The van der Waals surface area contributed by atoms with Crippen LogP contribution in [0.15, 0.2) is 16.8 Å². The molecule has 0 aromatic carbocycles. The Morgan fingerprint density at radius 2 is 2.54 bits per heavy atom. The summed E-state index contributed by atoms with van der Waals surface area (Å²) < 4.78 is 0. The summed E-state index contributed by atoms with van der Waals surface area (Å²) in [5.41, 5.74) is 7.30. The summed E-state index contributed by atoms with van der Waals surface area (Å²) in [6.07, 6.45) is 2.35. The first-order chi connectivity index (χ1) is 6.34. The summed E-state index contributed by atoms with van der Waals surface area (Å²) >= 11 is 1.78. The van der Waals surface area contributed by atoms with Gasteiger partial charge in [-0.1, -0.05) is 0 Å². The van der Waals surface area contributed by atoms with Crippen LogP contribution in [0.4, 0.5) is 0 Å². The van der Waals surface area contributed by atoms with Crippen LogP contribution in [0.1, 0.15) is 12.0 Å². The molecule has 2 nitrogen and oxygen atoms in total. The fourth-order valence-electron chi connectivity index (χ4n) is 1.79. The van der Waals surface area contributed by atoms with Crippen LogP contribution in [0.3, 0.4) is 0 Å². The topological polar surface area (TPSA) is 29.3 Å². The molecule has 1 aliphatic heterocycles. The number of hydrogen-bond acceptors (Lipinski definition) is 3. The van der Waals surface area contributed by atoms with Crippen molar-refractivity contribution < 1.29 is 0 Å². The lowest BCUT2D eigenvalue weighted by atomic mass is 10.2. The van der Waals surface area contributed by atoms with E-state index in [-0.39, 0.29) is 0 Å². The number of hydrogen-bond donors (Lipinski definition) is 1. The first-order valence-electron chi connectivity index (χ1n) is 4.83. The Kier molecular flexibility index (Phi) is 2.98. The lowest BCUT2D eigenvalue weighted by Gasteiger charge is -2.13. The second-order valence-electron chi connectivity index (χ2n) is 3.73. The predicted octanol–water partition coefficient (Wildman–Crippen LogP) is 1.32. The van der Waals surface area contributed by atoms with Crippen LogP contribution in [0.2, 0.25) is 0 Å². The van der Waals surface area contributed by atoms with Gasteiger partial charge in [0.15, 0.2) is 0 Å². The summed E-state index contributed by atoms with van der Waals surface area (Å²) in [6.45, 7) is 3.44. The first-order valence-corrected chi connectivity index (χ1v) is 5.78. The van der Waals surface area contributed by atoms with Gasteiger partial charge in [-0.3, -0.25) is 0 Å². The zero-order valence-electron chi connectivity index (χ0n) is 7.78. The molecule has 1 atom stereocenters. The Hall–Kier alpha value is -0.380. The highest BCUT2D eigenvalue weighted by atomic mass is 32.1. The number of thiophene rings is 1. The molecule has 13 heavy (non-hydrogen) atoms. The number of nitrogens with zero attached hydrogens (tertiary/aromatic N) is 1. The van der Waals surface area contributed by atoms with Crippen molar-refractivity contribution >= 4 is 11.3 Å². The molecule has 0 saturated carbocycles. The van der Waals surface area contributed by atoms with Crippen LogP contribution in [0.5, 0.6) is 0 Å². The van der Waals surface area contributed by atoms with Crippen LogP contribution >= 0.6 is 11.3 Å². The van der Waals surface area contributed by atoms with Gasteiger partial charge in [0.1, 0.15) is 0 Å². The molecule has 1 saturated heterocycles. The molecule has 1 aromatic rings. The van der Waals surface area contributed by atoms with Crippen molar-refractivity contribution in [1.29, 1.82) is 0 Å². The number of likely N-dealkylation sites (tertiary alicyclic amines) is 1. The van der Waals surface area contributed by atoms with Gasteiger partial charge < -0.3 is 10.6 Å². The minimum atomic E-state index is 0.419. The summed E-state index contributed by atoms with van der Waals surface area (Å²) in [4.78, 5) is 2.46. The van der Waals surface area contributed by atoms with Gasteiger partial charge in [0.25, 0.3) is 0 Å². The third kappa shape index (κ3) is 2.53. The maximum atomic E-state index is 5.83. The number of rotatable bonds is 3. The highest BCUT2D eigenvalue weighted by Gasteiger charge is 2.17. The minimum absolute atomic E-state index is 0.419. The van der Waals surface area contributed by atoms with Gasteiger partial charge >= 0.3 is 0 Å². The fraction of sp³-hybridized carbons (Fsp3) is 0.600. The maximum absolute atomic E-state index is 5.83. The molecule has 0 bridgehead atoms. The summed E-state index contributed by atoms with van der Waals surface area (Å²) in [5.74, 6) is 0. The van der Waals surface area contributed by atoms with Gasteiger partial charge in [0.2, 0.25) is 0 Å². The van der Waals surface area contributed by atoms with Crippen molar-refractivity contribution in [3.05, 3.63) is 22.4 Å². The van der Waals surface area contributed by atoms with Crippen molar-refractivity contribution in [1.82, 2.24) is 4.90 Å². The molecular weight excluding hydrogens is 180 g/mol. The van der Waals surface area contributed by atoms with E-state index in [1.165, 1.54) is 31.5 Å². The van der Waals surface area contributed by atoms with Crippen molar-refractivity contribution in [3.8, 4) is 0 Å². The van der Waals surface area contributed by atoms with Crippen molar-refractivity contribution in [3.63, 3.8) is 0 Å². The Balaban J connectivity index is 1.74. The molecule has 3 heteroatoms. The largest absolute Gasteiger partial charge is 0.326 e. The lowest BCUT2D eigenvalue weighted by Crippen LogP contribution is -2.28. The van der Waals surface area contributed by atoms with Crippen LogP contribution in [-0.2, 0) is 6.42 Å². The molecule has 72 valence electrons. The van der Waals surface area contributed by atoms with E-state index >= 15 is 0 Å². The van der Waals surface area contributed by atoms with E-state index in [0.717, 1.165) is 6.54 Å². The first kappa shape index (κ1) is 9.19. The molecule has 0 spiro atoms. The Morgan fingerprint density at radius 3 is 3.15 bits per heavy atom. The van der Waals surface area contributed by atoms with Gasteiger partial charge in [-0.05, 0) is 41.8 Å². The van der Waals surface area contributed by atoms with E-state index in [2.05, 4.69) is 21.7 Å². The second kappa shape index (κ2) is 4.22. The fourth-order valence-corrected chi connectivity index (χ4v) is 2.49. The molecule has 2 rings (SSSR count). The molecule has 0 unspecified atom stereocenters. The zero-order chi connectivity index (χ0) is 9.10. The molecule has 1 aliphatic rings. The highest BCUT2D eigenvalue weighted by Crippen LogP contribution is 2.10. The normalized spacial score (nSPS) is 23.9. The van der Waals surface area contributed by atoms with Gasteiger partial charge in [-0.25, -0.2) is 0 Å². The van der Waals surface area contributed by atoms with Crippen LogP contribution in [0.25, 0.3) is 0 Å². The Labute approximate surface area is 83.4 Å². The SMILES string of the molecule is N[C@H]1CCN(CCc2ccsc2)C1. The summed E-state index contributed by atoms with van der Waals surface area (Å²) in [7, 11) is 0. The third-order valence-corrected chi connectivity index (χ3v) is 3.34. The van der Waals surface area contributed by atoms with E-state index in [1.807, 2.05) is 0 Å². The van der Waals surface area contributed by atoms with Crippen LogP contribution in [-0.4, -0.2) is 30.6 Å². The lowest BCUT2D eigenvalue weighted by molar-refractivity contribution is 0.339. The minimum Gasteiger partial charge on any atom is -0.326 e. The quantitative estimate of drug-likeness (QED) is 0.790. The van der Waals surface area contributed by atoms with E-state index in [4.69, 9.17) is 5.73 Å². The molecule has 0 radical (unpaired) electrons. The van der Waals surface area contributed by atoms with Gasteiger partial charge in [0, 0.05) is 19.1 Å². The predicted molar refractivity (Wildman–Crippen MR) is 57.1 cm³/mol. The zero-order valence-corrected chi connectivity index (χ0v) is 8.59. The Bertz CT molecular complexity index is 245. The van der Waals surface area contributed by atoms with Crippen molar-refractivity contribution in [2.45, 2.75) is 18.9 Å². The van der Waals surface area contributed by atoms with Crippen LogP contribution < -0.4 is 5.73 Å². The van der Waals surface area contributed by atoms with E-state index in [0.29, 0.717) is 6.04 Å². The number of nitrogens with two attached hydrogens (primary N) is 1. The third-order valence-electron chi connectivity index (χ3n) is 2.61. The van der Waals surface area contributed by atoms with E-state index in [1.54, 1.807) is 11.3 Å². The molecule has 1 aromatic heterocycles. The van der Waals surface area contributed by atoms with Gasteiger partial charge in [-0.2, -0.15) is 11.3 Å². The molecule has 0 amide bonds. The molecule has 1 fully saturated rings. The van der Waals surface area contributed by atoms with Crippen molar-refractivity contribution in [2.75, 3.05) is 19.6 Å². The average Bonchev–Trinajstić information content (AvgIpc) is 2.71. The van der Waals surface area contributed by atoms with Crippen molar-refractivity contribution in [2.24, 2.45) is 5.73 Å². The molecule has 2 N–H and O–H groups in total. The summed E-state index contributed by atoms with van der Waals surface area (Å²) in [6, 6.07) is 2.63. The smallest absolute Gasteiger partial charge is 0.0180 e. The summed E-state index contributed by atoms with van der Waals surface area (Å²) in [5, 5.41) is 4.38. The molecule has 2 heterocycles. The molecular formula is C10H16N2S. The van der Waals surface area contributed by atoms with E-state index in [9.17, 15) is 0 Å². The highest BCUT2D eigenvalue weighted by molar-refractivity contribution is 7.07. The Morgan fingerprint density at radius 1 is 1.62 bits per heavy atom. The van der Waals surface area contributed by atoms with Crippen LogP contribution in [0, 0.1) is 0 Å². The van der Waals surface area contributed by atoms with Gasteiger partial charge in [-0.15, -0.1) is 0 Å². The molecule has 0 aliphatic carbocycles. The average molecular weight is 196 g/mol. The maximum Gasteiger partial charge on any atom is 0.0180 e. The standard InChI is InChI=1S/C10H16N2S/c11-10-2-5-12(7-10)4-1-9-3-6-13-8-9/h3,6,8,10H,1-2,4-5,7,11H2/t10-/m0/s1. The second-order valence-corrected chi connectivity index (χ2v) is 4.51. The van der Waals surface area contributed by atoms with E-state index < -0.39 is 0 Å². The monoisotopic (exact) mass is 196 g/mol.